The Labute approximate surface area is 135 Å². The highest BCUT2D eigenvalue weighted by Crippen LogP contribution is 2.21. The van der Waals surface area contributed by atoms with E-state index in [4.69, 9.17) is 4.74 Å². The Morgan fingerprint density at radius 1 is 1.17 bits per heavy atom. The normalized spacial score (nSPS) is 20.2. The molecule has 3 N–H and O–H groups in total. The number of amides is 1. The lowest BCUT2D eigenvalue weighted by molar-refractivity contribution is -0.123. The molecule has 1 heterocycles. The van der Waals surface area contributed by atoms with Gasteiger partial charge in [0.1, 0.15) is 11.5 Å². The van der Waals surface area contributed by atoms with Crippen LogP contribution in [0.15, 0.2) is 54.6 Å². The molecule has 1 saturated heterocycles. The molecule has 1 fully saturated rings. The minimum atomic E-state index is -0.437. The van der Waals surface area contributed by atoms with Crippen LogP contribution in [0.5, 0.6) is 11.5 Å². The van der Waals surface area contributed by atoms with Crippen molar-refractivity contribution in [2.24, 2.45) is 0 Å². The summed E-state index contributed by atoms with van der Waals surface area (Å²) in [5, 5.41) is 15.3. The Morgan fingerprint density at radius 2 is 1.96 bits per heavy atom. The first-order valence-corrected chi connectivity index (χ1v) is 7.72. The van der Waals surface area contributed by atoms with Crippen LogP contribution < -0.4 is 15.4 Å². The first-order valence-electron chi connectivity index (χ1n) is 7.72. The van der Waals surface area contributed by atoms with Gasteiger partial charge < -0.3 is 20.5 Å². The van der Waals surface area contributed by atoms with Gasteiger partial charge in [0, 0.05) is 13.1 Å². The third-order valence-corrected chi connectivity index (χ3v) is 3.77. The zero-order chi connectivity index (χ0) is 16.1. The molecule has 0 bridgehead atoms. The second kappa shape index (κ2) is 7.26. The minimum absolute atomic E-state index is 0.0871. The summed E-state index contributed by atoms with van der Waals surface area (Å²) < 4.78 is 5.78. The van der Waals surface area contributed by atoms with Crippen molar-refractivity contribution < 1.29 is 14.6 Å². The van der Waals surface area contributed by atoms with Crippen molar-refractivity contribution in [3.63, 3.8) is 0 Å². The topological polar surface area (TPSA) is 70.6 Å². The van der Waals surface area contributed by atoms with E-state index in [0.717, 1.165) is 17.1 Å². The largest absolute Gasteiger partial charge is 0.457 e. The SMILES string of the molecule is O=C(NCc1cccc(Oc2ccccc2)c1)[C@@H]1C[C@@H](O)CN1. The summed E-state index contributed by atoms with van der Waals surface area (Å²) in [5.74, 6) is 1.42. The molecule has 0 aromatic heterocycles. The number of aliphatic hydroxyl groups is 1. The van der Waals surface area contributed by atoms with Gasteiger partial charge in [-0.05, 0) is 36.2 Å². The third kappa shape index (κ3) is 4.31. The van der Waals surface area contributed by atoms with Crippen molar-refractivity contribution in [1.82, 2.24) is 10.6 Å². The summed E-state index contributed by atoms with van der Waals surface area (Å²) in [6, 6.07) is 16.9. The molecule has 2 atom stereocenters. The summed E-state index contributed by atoms with van der Waals surface area (Å²) in [5.41, 5.74) is 0.963. The van der Waals surface area contributed by atoms with E-state index >= 15 is 0 Å². The summed E-state index contributed by atoms with van der Waals surface area (Å²) in [7, 11) is 0. The molecule has 1 aliphatic rings. The Hall–Kier alpha value is -2.37. The minimum Gasteiger partial charge on any atom is -0.457 e. The lowest BCUT2D eigenvalue weighted by Crippen LogP contribution is -2.39. The van der Waals surface area contributed by atoms with Crippen molar-refractivity contribution >= 4 is 5.91 Å². The van der Waals surface area contributed by atoms with Gasteiger partial charge in [-0.1, -0.05) is 30.3 Å². The molecule has 3 rings (SSSR count). The number of β-amino-alcohol motifs (C(OH)–C–C–N with tert-alkyl or cyclic N) is 1. The highest BCUT2D eigenvalue weighted by atomic mass is 16.5. The molecule has 1 aliphatic heterocycles. The van der Waals surface area contributed by atoms with Gasteiger partial charge in [-0.15, -0.1) is 0 Å². The molecular weight excluding hydrogens is 292 g/mol. The molecule has 5 nitrogen and oxygen atoms in total. The van der Waals surface area contributed by atoms with Crippen LogP contribution in [0.4, 0.5) is 0 Å². The standard InChI is InChI=1S/C18H20N2O3/c21-14-10-17(19-12-14)18(22)20-11-13-5-4-8-16(9-13)23-15-6-2-1-3-7-15/h1-9,14,17,19,21H,10-12H2,(H,20,22)/t14-,17+/m1/s1. The van der Waals surface area contributed by atoms with E-state index in [9.17, 15) is 9.90 Å². The lowest BCUT2D eigenvalue weighted by Gasteiger charge is -2.12. The predicted octanol–water partition coefficient (Wildman–Crippen LogP) is 1.82. The van der Waals surface area contributed by atoms with Crippen LogP contribution in [0.25, 0.3) is 0 Å². The zero-order valence-corrected chi connectivity index (χ0v) is 12.7. The quantitative estimate of drug-likeness (QED) is 0.787. The Balaban J connectivity index is 1.56. The molecule has 0 radical (unpaired) electrons. The molecule has 120 valence electrons. The molecule has 0 aliphatic carbocycles. The number of carbonyl (C=O) groups is 1. The monoisotopic (exact) mass is 312 g/mol. The molecule has 2 aromatic rings. The number of rotatable bonds is 5. The molecule has 2 aromatic carbocycles. The van der Waals surface area contributed by atoms with E-state index in [0.29, 0.717) is 19.5 Å². The first kappa shape index (κ1) is 15.5. The van der Waals surface area contributed by atoms with Crippen LogP contribution in [-0.2, 0) is 11.3 Å². The predicted molar refractivity (Wildman–Crippen MR) is 87.2 cm³/mol. The highest BCUT2D eigenvalue weighted by Gasteiger charge is 2.27. The Bertz CT molecular complexity index is 660. The van der Waals surface area contributed by atoms with E-state index in [-0.39, 0.29) is 11.9 Å². The number of aliphatic hydroxyl groups excluding tert-OH is 1. The summed E-state index contributed by atoms with van der Waals surface area (Å²) >= 11 is 0. The molecule has 0 spiro atoms. The van der Waals surface area contributed by atoms with E-state index < -0.39 is 6.10 Å². The van der Waals surface area contributed by atoms with Gasteiger partial charge in [0.15, 0.2) is 0 Å². The number of para-hydroxylation sites is 1. The van der Waals surface area contributed by atoms with Crippen molar-refractivity contribution in [2.75, 3.05) is 6.54 Å². The van der Waals surface area contributed by atoms with E-state index in [2.05, 4.69) is 10.6 Å². The maximum atomic E-state index is 12.0. The average molecular weight is 312 g/mol. The molecule has 5 heteroatoms. The first-order chi connectivity index (χ1) is 11.2. The van der Waals surface area contributed by atoms with Crippen LogP contribution in [-0.4, -0.2) is 29.7 Å². The van der Waals surface area contributed by atoms with Gasteiger partial charge in [-0.2, -0.15) is 0 Å². The second-order valence-electron chi connectivity index (χ2n) is 5.63. The van der Waals surface area contributed by atoms with E-state index in [1.54, 1.807) is 0 Å². The maximum absolute atomic E-state index is 12.0. The number of hydrogen-bond acceptors (Lipinski definition) is 4. The Kier molecular flexibility index (Phi) is 4.90. The maximum Gasteiger partial charge on any atom is 0.237 e. The average Bonchev–Trinajstić information content (AvgIpc) is 3.01. The van der Waals surface area contributed by atoms with Gasteiger partial charge >= 0.3 is 0 Å². The van der Waals surface area contributed by atoms with Crippen molar-refractivity contribution in [3.05, 3.63) is 60.2 Å². The van der Waals surface area contributed by atoms with Crippen molar-refractivity contribution in [2.45, 2.75) is 25.1 Å². The summed E-state index contributed by atoms with van der Waals surface area (Å²) in [6.45, 7) is 0.900. The number of carbonyl (C=O) groups excluding carboxylic acids is 1. The van der Waals surface area contributed by atoms with Gasteiger partial charge in [0.2, 0.25) is 5.91 Å². The molecule has 0 saturated carbocycles. The summed E-state index contributed by atoms with van der Waals surface area (Å²) in [6.07, 6.45) is 0.0246. The van der Waals surface area contributed by atoms with Gasteiger partial charge in [0.25, 0.3) is 0 Å². The van der Waals surface area contributed by atoms with E-state index in [1.807, 2.05) is 54.6 Å². The number of hydrogen-bond donors (Lipinski definition) is 3. The smallest absolute Gasteiger partial charge is 0.237 e. The van der Waals surface area contributed by atoms with Crippen LogP contribution in [0, 0.1) is 0 Å². The van der Waals surface area contributed by atoms with E-state index in [1.165, 1.54) is 0 Å². The molecular formula is C18H20N2O3. The lowest BCUT2D eigenvalue weighted by atomic mass is 10.1. The van der Waals surface area contributed by atoms with Gasteiger partial charge in [-0.25, -0.2) is 0 Å². The van der Waals surface area contributed by atoms with Gasteiger partial charge in [0.05, 0.1) is 12.1 Å². The third-order valence-electron chi connectivity index (χ3n) is 3.77. The zero-order valence-electron chi connectivity index (χ0n) is 12.7. The van der Waals surface area contributed by atoms with Gasteiger partial charge in [-0.3, -0.25) is 4.79 Å². The van der Waals surface area contributed by atoms with Crippen molar-refractivity contribution in [3.8, 4) is 11.5 Å². The Morgan fingerprint density at radius 3 is 2.70 bits per heavy atom. The van der Waals surface area contributed by atoms with Crippen LogP contribution >= 0.6 is 0 Å². The fourth-order valence-electron chi connectivity index (χ4n) is 2.57. The molecule has 0 unspecified atom stereocenters. The fourth-order valence-corrected chi connectivity index (χ4v) is 2.57. The molecule has 23 heavy (non-hydrogen) atoms. The van der Waals surface area contributed by atoms with Crippen LogP contribution in [0.2, 0.25) is 0 Å². The fraction of sp³-hybridized carbons (Fsp3) is 0.278. The van der Waals surface area contributed by atoms with Crippen LogP contribution in [0.1, 0.15) is 12.0 Å². The second-order valence-corrected chi connectivity index (χ2v) is 5.63. The van der Waals surface area contributed by atoms with Crippen molar-refractivity contribution in [1.29, 1.82) is 0 Å². The highest BCUT2D eigenvalue weighted by molar-refractivity contribution is 5.82. The number of nitrogens with one attached hydrogen (secondary N) is 2. The van der Waals surface area contributed by atoms with Crippen LogP contribution in [0.3, 0.4) is 0 Å². The molecule has 1 amide bonds. The number of ether oxygens (including phenoxy) is 1. The number of benzene rings is 2. The summed E-state index contributed by atoms with van der Waals surface area (Å²) in [4.78, 5) is 12.0.